The molecule has 0 amide bonds. The molecule has 0 atom stereocenters. The maximum atomic E-state index is 10.4. The second kappa shape index (κ2) is 3.37. The van der Waals surface area contributed by atoms with E-state index in [2.05, 4.69) is 15.9 Å². The summed E-state index contributed by atoms with van der Waals surface area (Å²) in [5, 5.41) is 0.633. The Morgan fingerprint density at radius 1 is 1.55 bits per heavy atom. The molecule has 0 aliphatic carbocycles. The van der Waals surface area contributed by atoms with Crippen LogP contribution in [0.5, 0.6) is 0 Å². The molecule has 0 saturated heterocycles. The third-order valence-corrected chi connectivity index (χ3v) is 3.07. The topological polar surface area (TPSA) is 17.1 Å². The summed E-state index contributed by atoms with van der Waals surface area (Å²) in [7, 11) is 0. The Balaban J connectivity index is 3.36. The van der Waals surface area contributed by atoms with Gasteiger partial charge in [-0.25, -0.2) is 0 Å². The van der Waals surface area contributed by atoms with Crippen LogP contribution in [0, 0.1) is 6.92 Å². The van der Waals surface area contributed by atoms with Gasteiger partial charge < -0.3 is 0 Å². The van der Waals surface area contributed by atoms with E-state index in [4.69, 9.17) is 11.6 Å². The zero-order valence-corrected chi connectivity index (χ0v) is 8.24. The molecule has 1 rings (SSSR count). The fraction of sp³-hybridized carbons (Fsp3) is 0.125. The number of rotatable bonds is 1. The fourth-order valence-corrected chi connectivity index (χ4v) is 1.36. The van der Waals surface area contributed by atoms with Crippen molar-refractivity contribution >= 4 is 33.8 Å². The number of hydrogen-bond donors (Lipinski definition) is 0. The summed E-state index contributed by atoms with van der Waals surface area (Å²) in [6.45, 7) is 1.85. The second-order valence-corrected chi connectivity index (χ2v) is 3.39. The summed E-state index contributed by atoms with van der Waals surface area (Å²) < 4.78 is 0.795. The van der Waals surface area contributed by atoms with E-state index in [0.717, 1.165) is 16.3 Å². The van der Waals surface area contributed by atoms with Crippen molar-refractivity contribution in [1.82, 2.24) is 0 Å². The number of carbonyl (C=O) groups is 1. The van der Waals surface area contributed by atoms with Gasteiger partial charge in [0.15, 0.2) is 0 Å². The molecule has 0 aliphatic heterocycles. The molecule has 0 bridgehead atoms. The molecule has 1 aromatic carbocycles. The number of aldehydes is 1. The van der Waals surface area contributed by atoms with Gasteiger partial charge in [-0.3, -0.25) is 4.79 Å². The molecule has 0 N–H and O–H groups in total. The fourth-order valence-electron chi connectivity index (χ4n) is 0.795. The highest BCUT2D eigenvalue weighted by Crippen LogP contribution is 2.27. The molecule has 0 aromatic heterocycles. The Bertz CT molecular complexity index is 296. The standard InChI is InChI=1S/C8H6BrClO/c1-5-6(4-11)2-3-7(10)8(5)9/h2-4H,1H3. The molecule has 0 unspecified atom stereocenters. The van der Waals surface area contributed by atoms with Gasteiger partial charge in [-0.2, -0.15) is 0 Å². The van der Waals surface area contributed by atoms with Gasteiger partial charge in [0.05, 0.1) is 5.02 Å². The Morgan fingerprint density at radius 2 is 2.18 bits per heavy atom. The summed E-state index contributed by atoms with van der Waals surface area (Å²) in [4.78, 5) is 10.4. The molecule has 11 heavy (non-hydrogen) atoms. The van der Waals surface area contributed by atoms with Crippen LogP contribution in [-0.2, 0) is 0 Å². The number of benzene rings is 1. The first-order valence-electron chi connectivity index (χ1n) is 3.06. The van der Waals surface area contributed by atoms with Gasteiger partial charge in [-0.15, -0.1) is 0 Å². The van der Waals surface area contributed by atoms with Crippen molar-refractivity contribution in [3.8, 4) is 0 Å². The van der Waals surface area contributed by atoms with Crippen molar-refractivity contribution in [3.63, 3.8) is 0 Å². The highest BCUT2D eigenvalue weighted by atomic mass is 79.9. The molecule has 0 radical (unpaired) electrons. The highest BCUT2D eigenvalue weighted by molar-refractivity contribution is 9.10. The predicted octanol–water partition coefficient (Wildman–Crippen LogP) is 3.22. The predicted molar refractivity (Wildman–Crippen MR) is 49.3 cm³/mol. The lowest BCUT2D eigenvalue weighted by Crippen LogP contribution is -1.87. The Labute approximate surface area is 78.5 Å². The number of hydrogen-bond acceptors (Lipinski definition) is 1. The molecule has 58 valence electrons. The van der Waals surface area contributed by atoms with E-state index >= 15 is 0 Å². The molecule has 1 nitrogen and oxygen atoms in total. The van der Waals surface area contributed by atoms with Gasteiger partial charge in [0.25, 0.3) is 0 Å². The minimum atomic E-state index is 0.633. The van der Waals surface area contributed by atoms with Crippen molar-refractivity contribution in [2.24, 2.45) is 0 Å². The first-order valence-corrected chi connectivity index (χ1v) is 4.23. The lowest BCUT2D eigenvalue weighted by Gasteiger charge is -2.02. The smallest absolute Gasteiger partial charge is 0.150 e. The summed E-state index contributed by atoms with van der Waals surface area (Å²) in [6, 6.07) is 3.40. The van der Waals surface area contributed by atoms with Crippen LogP contribution in [0.4, 0.5) is 0 Å². The van der Waals surface area contributed by atoms with Crippen LogP contribution in [0.15, 0.2) is 16.6 Å². The van der Waals surface area contributed by atoms with E-state index < -0.39 is 0 Å². The van der Waals surface area contributed by atoms with E-state index in [0.29, 0.717) is 10.6 Å². The third kappa shape index (κ3) is 1.63. The molecule has 0 fully saturated rings. The number of carbonyl (C=O) groups excluding carboxylic acids is 1. The summed E-state index contributed by atoms with van der Waals surface area (Å²) >= 11 is 9.06. The Morgan fingerprint density at radius 3 is 2.73 bits per heavy atom. The van der Waals surface area contributed by atoms with E-state index in [1.807, 2.05) is 6.92 Å². The van der Waals surface area contributed by atoms with Gasteiger partial charge >= 0.3 is 0 Å². The quantitative estimate of drug-likeness (QED) is 0.681. The molecular formula is C8H6BrClO. The van der Waals surface area contributed by atoms with Crippen LogP contribution in [0.3, 0.4) is 0 Å². The molecule has 0 saturated carbocycles. The van der Waals surface area contributed by atoms with Crippen molar-refractivity contribution in [1.29, 1.82) is 0 Å². The number of halogens is 2. The molecular weight excluding hydrogens is 227 g/mol. The molecule has 0 aliphatic rings. The van der Waals surface area contributed by atoms with Gasteiger partial charge in [0, 0.05) is 10.0 Å². The average Bonchev–Trinajstić information content (AvgIpc) is 2.01. The van der Waals surface area contributed by atoms with Crippen molar-refractivity contribution in [3.05, 3.63) is 32.8 Å². The van der Waals surface area contributed by atoms with E-state index in [1.54, 1.807) is 12.1 Å². The summed E-state index contributed by atoms with van der Waals surface area (Å²) in [5.41, 5.74) is 1.55. The first kappa shape index (κ1) is 8.75. The van der Waals surface area contributed by atoms with Crippen LogP contribution < -0.4 is 0 Å². The summed E-state index contributed by atoms with van der Waals surface area (Å²) in [6.07, 6.45) is 0.816. The van der Waals surface area contributed by atoms with Crippen molar-refractivity contribution < 1.29 is 4.79 Å². The SMILES string of the molecule is Cc1c(C=O)ccc(Cl)c1Br. The van der Waals surface area contributed by atoms with E-state index in [1.165, 1.54) is 0 Å². The zero-order valence-electron chi connectivity index (χ0n) is 5.90. The van der Waals surface area contributed by atoms with Gasteiger partial charge in [-0.05, 0) is 40.5 Å². The monoisotopic (exact) mass is 232 g/mol. The maximum absolute atomic E-state index is 10.4. The minimum absolute atomic E-state index is 0.633. The van der Waals surface area contributed by atoms with Crippen LogP contribution in [-0.4, -0.2) is 6.29 Å². The van der Waals surface area contributed by atoms with E-state index in [-0.39, 0.29) is 0 Å². The van der Waals surface area contributed by atoms with Crippen LogP contribution in [0.2, 0.25) is 5.02 Å². The average molecular weight is 233 g/mol. The first-order chi connectivity index (χ1) is 5.16. The normalized spacial score (nSPS) is 9.73. The van der Waals surface area contributed by atoms with Gasteiger partial charge in [0.2, 0.25) is 0 Å². The van der Waals surface area contributed by atoms with Crippen molar-refractivity contribution in [2.75, 3.05) is 0 Å². The van der Waals surface area contributed by atoms with Gasteiger partial charge in [0.1, 0.15) is 6.29 Å². The van der Waals surface area contributed by atoms with Crippen LogP contribution in [0.1, 0.15) is 15.9 Å². The Hall–Kier alpha value is -0.340. The molecule has 1 aromatic rings. The zero-order chi connectivity index (χ0) is 8.43. The highest BCUT2D eigenvalue weighted by Gasteiger charge is 2.03. The summed E-state index contributed by atoms with van der Waals surface area (Å²) in [5.74, 6) is 0. The van der Waals surface area contributed by atoms with Gasteiger partial charge in [-0.1, -0.05) is 11.6 Å². The van der Waals surface area contributed by atoms with E-state index in [9.17, 15) is 4.79 Å². The minimum Gasteiger partial charge on any atom is -0.298 e. The van der Waals surface area contributed by atoms with Crippen LogP contribution in [0.25, 0.3) is 0 Å². The molecule has 3 heteroatoms. The largest absolute Gasteiger partial charge is 0.298 e. The molecule has 0 heterocycles. The lowest BCUT2D eigenvalue weighted by molar-refractivity contribution is 0.112. The second-order valence-electron chi connectivity index (χ2n) is 2.19. The Kier molecular flexibility index (Phi) is 2.68. The van der Waals surface area contributed by atoms with Crippen molar-refractivity contribution in [2.45, 2.75) is 6.92 Å². The molecule has 0 spiro atoms. The maximum Gasteiger partial charge on any atom is 0.150 e. The third-order valence-electron chi connectivity index (χ3n) is 1.51. The van der Waals surface area contributed by atoms with Crippen LogP contribution >= 0.6 is 27.5 Å². The lowest BCUT2D eigenvalue weighted by atomic mass is 10.1.